The fourth-order valence-electron chi connectivity index (χ4n) is 3.38. The normalized spacial score (nSPS) is 13.1. The van der Waals surface area contributed by atoms with Crippen molar-refractivity contribution < 1.29 is 13.3 Å². The van der Waals surface area contributed by atoms with Gasteiger partial charge in [0.1, 0.15) is 0 Å². The first-order valence-electron chi connectivity index (χ1n) is 7.76. The van der Waals surface area contributed by atoms with E-state index in [0.717, 1.165) is 28.3 Å². The quantitative estimate of drug-likeness (QED) is 0.572. The number of non-ortho nitro benzene ring substituents is 1. The van der Waals surface area contributed by atoms with Crippen molar-refractivity contribution in [2.45, 2.75) is 17.7 Å². The van der Waals surface area contributed by atoms with Gasteiger partial charge in [-0.15, -0.1) is 0 Å². The number of nitrogens with zero attached hydrogens (tertiary/aromatic N) is 1. The minimum atomic E-state index is -3.83. The Labute approximate surface area is 144 Å². The molecule has 0 radical (unpaired) electrons. The van der Waals surface area contributed by atoms with Crippen LogP contribution in [0, 0.1) is 10.1 Å². The lowest BCUT2D eigenvalue weighted by molar-refractivity contribution is -0.384. The number of nitro groups is 1. The Balaban J connectivity index is 1.79. The number of hydrogen-bond donors (Lipinski definition) is 1. The van der Waals surface area contributed by atoms with Crippen LogP contribution in [-0.2, 0) is 22.9 Å². The summed E-state index contributed by atoms with van der Waals surface area (Å²) in [5.41, 5.74) is 1.98. The summed E-state index contributed by atoms with van der Waals surface area (Å²) in [6.07, 6.45) is 1.48. The SMILES string of the molecule is O=[N+]([O-])c1cccc(NS(=O)(=O)c2ccc3cccc4c3c2CC4)c1. The second kappa shape index (κ2) is 5.56. The number of sulfonamides is 1. The van der Waals surface area contributed by atoms with E-state index in [-0.39, 0.29) is 16.3 Å². The van der Waals surface area contributed by atoms with E-state index in [1.807, 2.05) is 18.2 Å². The van der Waals surface area contributed by atoms with E-state index in [9.17, 15) is 18.5 Å². The highest BCUT2D eigenvalue weighted by Crippen LogP contribution is 2.35. The summed E-state index contributed by atoms with van der Waals surface area (Å²) in [5.74, 6) is 0. The van der Waals surface area contributed by atoms with Gasteiger partial charge < -0.3 is 0 Å². The maximum absolute atomic E-state index is 12.8. The second-order valence-electron chi connectivity index (χ2n) is 5.97. The number of nitrogens with one attached hydrogen (secondary N) is 1. The lowest BCUT2D eigenvalue weighted by Gasteiger charge is -2.12. The van der Waals surface area contributed by atoms with E-state index in [1.165, 1.54) is 24.3 Å². The molecule has 1 aliphatic carbocycles. The molecule has 0 atom stereocenters. The van der Waals surface area contributed by atoms with Crippen molar-refractivity contribution in [1.82, 2.24) is 0 Å². The van der Waals surface area contributed by atoms with Gasteiger partial charge in [0.2, 0.25) is 0 Å². The number of anilines is 1. The fraction of sp³-hybridized carbons (Fsp3) is 0.111. The lowest BCUT2D eigenvalue weighted by atomic mass is 10.1. The van der Waals surface area contributed by atoms with E-state index < -0.39 is 14.9 Å². The van der Waals surface area contributed by atoms with Gasteiger partial charge in [-0.3, -0.25) is 14.8 Å². The monoisotopic (exact) mass is 354 g/mol. The van der Waals surface area contributed by atoms with E-state index in [1.54, 1.807) is 12.1 Å². The molecule has 0 amide bonds. The predicted octanol–water partition coefficient (Wildman–Crippen LogP) is 3.65. The lowest BCUT2D eigenvalue weighted by Crippen LogP contribution is -2.15. The smallest absolute Gasteiger partial charge is 0.271 e. The molecule has 4 rings (SSSR count). The zero-order valence-electron chi connectivity index (χ0n) is 13.1. The number of benzene rings is 3. The zero-order valence-corrected chi connectivity index (χ0v) is 13.9. The van der Waals surface area contributed by atoms with Crippen molar-refractivity contribution in [1.29, 1.82) is 0 Å². The van der Waals surface area contributed by atoms with Crippen LogP contribution in [0.2, 0.25) is 0 Å². The Morgan fingerprint density at radius 2 is 1.80 bits per heavy atom. The van der Waals surface area contributed by atoms with Crippen LogP contribution < -0.4 is 4.72 Å². The average molecular weight is 354 g/mol. The summed E-state index contributed by atoms with van der Waals surface area (Å²) in [7, 11) is -3.83. The molecule has 1 N–H and O–H groups in total. The summed E-state index contributed by atoms with van der Waals surface area (Å²) in [5, 5.41) is 12.9. The largest absolute Gasteiger partial charge is 0.279 e. The molecule has 1 aliphatic rings. The summed E-state index contributed by atoms with van der Waals surface area (Å²) >= 11 is 0. The minimum absolute atomic E-state index is 0.162. The first-order chi connectivity index (χ1) is 12.0. The summed E-state index contributed by atoms with van der Waals surface area (Å²) in [6, 6.07) is 14.8. The molecule has 0 bridgehead atoms. The molecule has 6 nitrogen and oxygen atoms in total. The van der Waals surface area contributed by atoms with Crippen molar-refractivity contribution in [3.05, 3.63) is 75.8 Å². The van der Waals surface area contributed by atoms with Crippen LogP contribution in [0.15, 0.2) is 59.5 Å². The van der Waals surface area contributed by atoms with Gasteiger partial charge >= 0.3 is 0 Å². The fourth-order valence-corrected chi connectivity index (χ4v) is 4.70. The number of rotatable bonds is 4. The Bertz CT molecular complexity index is 1120. The Hall–Kier alpha value is -2.93. The van der Waals surface area contributed by atoms with Gasteiger partial charge in [0.05, 0.1) is 15.5 Å². The first kappa shape index (κ1) is 15.6. The minimum Gasteiger partial charge on any atom is -0.279 e. The highest BCUT2D eigenvalue weighted by molar-refractivity contribution is 7.92. The van der Waals surface area contributed by atoms with E-state index in [2.05, 4.69) is 4.72 Å². The number of aryl methyl sites for hydroxylation is 2. The molecule has 0 unspecified atom stereocenters. The van der Waals surface area contributed by atoms with Crippen LogP contribution in [0.5, 0.6) is 0 Å². The highest BCUT2D eigenvalue weighted by atomic mass is 32.2. The van der Waals surface area contributed by atoms with E-state index in [0.29, 0.717) is 6.42 Å². The molecule has 3 aromatic rings. The summed E-state index contributed by atoms with van der Waals surface area (Å²) in [4.78, 5) is 10.5. The molecular formula is C18H14N2O4S. The molecule has 0 saturated heterocycles. The average Bonchev–Trinajstić information content (AvgIpc) is 3.01. The molecule has 0 aliphatic heterocycles. The van der Waals surface area contributed by atoms with Gasteiger partial charge in [-0.05, 0) is 46.9 Å². The number of nitro benzene ring substituents is 1. The molecule has 25 heavy (non-hydrogen) atoms. The van der Waals surface area contributed by atoms with Crippen molar-refractivity contribution in [2.24, 2.45) is 0 Å². The maximum Gasteiger partial charge on any atom is 0.271 e. The van der Waals surface area contributed by atoms with Gasteiger partial charge in [0.15, 0.2) is 0 Å². The maximum atomic E-state index is 12.8. The van der Waals surface area contributed by atoms with Crippen LogP contribution in [0.3, 0.4) is 0 Å². The Kier molecular flexibility index (Phi) is 3.47. The van der Waals surface area contributed by atoms with Crippen LogP contribution >= 0.6 is 0 Å². The predicted molar refractivity (Wildman–Crippen MR) is 95.3 cm³/mol. The molecule has 7 heteroatoms. The van der Waals surface area contributed by atoms with Gasteiger partial charge in [-0.25, -0.2) is 8.42 Å². The molecule has 0 saturated carbocycles. The molecular weight excluding hydrogens is 340 g/mol. The molecule has 0 aromatic heterocycles. The first-order valence-corrected chi connectivity index (χ1v) is 9.25. The molecule has 3 aromatic carbocycles. The molecule has 0 spiro atoms. The van der Waals surface area contributed by atoms with Crippen LogP contribution in [-0.4, -0.2) is 13.3 Å². The topological polar surface area (TPSA) is 89.3 Å². The highest BCUT2D eigenvalue weighted by Gasteiger charge is 2.25. The van der Waals surface area contributed by atoms with Crippen LogP contribution in [0.1, 0.15) is 11.1 Å². The molecule has 0 fully saturated rings. The van der Waals surface area contributed by atoms with Crippen molar-refractivity contribution >= 4 is 32.2 Å². The third kappa shape index (κ3) is 2.62. The summed E-state index contributed by atoms with van der Waals surface area (Å²) < 4.78 is 28.2. The Morgan fingerprint density at radius 1 is 1.00 bits per heavy atom. The van der Waals surface area contributed by atoms with Gasteiger partial charge in [-0.2, -0.15) is 0 Å². The van der Waals surface area contributed by atoms with Crippen molar-refractivity contribution in [3.8, 4) is 0 Å². The third-order valence-corrected chi connectivity index (χ3v) is 5.91. The standard InChI is InChI=1S/C18H14N2O4S/c21-20(22)15-6-2-5-14(11-15)19-25(23,24)17-10-8-13-4-1-3-12-7-9-16(17)18(12)13/h1-6,8,10-11,19H,7,9H2. The van der Waals surface area contributed by atoms with Gasteiger partial charge in [0, 0.05) is 12.1 Å². The summed E-state index contributed by atoms with van der Waals surface area (Å²) in [6.45, 7) is 0. The van der Waals surface area contributed by atoms with Crippen molar-refractivity contribution in [3.63, 3.8) is 0 Å². The van der Waals surface area contributed by atoms with Crippen LogP contribution in [0.25, 0.3) is 10.8 Å². The van der Waals surface area contributed by atoms with E-state index >= 15 is 0 Å². The van der Waals surface area contributed by atoms with Crippen LogP contribution in [0.4, 0.5) is 11.4 Å². The number of hydrogen-bond acceptors (Lipinski definition) is 4. The molecule has 0 heterocycles. The molecule has 126 valence electrons. The third-order valence-electron chi connectivity index (χ3n) is 4.44. The van der Waals surface area contributed by atoms with E-state index in [4.69, 9.17) is 0 Å². The van der Waals surface area contributed by atoms with Crippen molar-refractivity contribution in [2.75, 3.05) is 4.72 Å². The zero-order chi connectivity index (χ0) is 17.6. The van der Waals surface area contributed by atoms with Gasteiger partial charge in [-0.1, -0.05) is 30.3 Å². The second-order valence-corrected chi connectivity index (χ2v) is 7.62. The Morgan fingerprint density at radius 3 is 2.60 bits per heavy atom. The van der Waals surface area contributed by atoms with Gasteiger partial charge in [0.25, 0.3) is 15.7 Å².